The summed E-state index contributed by atoms with van der Waals surface area (Å²) in [6.07, 6.45) is 0. The van der Waals surface area contributed by atoms with Crippen LogP contribution >= 0.6 is 11.8 Å². The van der Waals surface area contributed by atoms with Crippen molar-refractivity contribution in [3.05, 3.63) is 65.2 Å². The van der Waals surface area contributed by atoms with Gasteiger partial charge in [0.1, 0.15) is 0 Å². The van der Waals surface area contributed by atoms with E-state index in [-0.39, 0.29) is 11.8 Å². The summed E-state index contributed by atoms with van der Waals surface area (Å²) >= 11 is 1.49. The second-order valence-electron chi connectivity index (χ2n) is 5.91. The number of nitriles is 1. The van der Waals surface area contributed by atoms with Crippen molar-refractivity contribution in [3.8, 4) is 6.07 Å². The molecule has 0 aliphatic heterocycles. The SMILES string of the molecule is CCN(CC)C(=O)c1ccc(NC(=O)CSCc2cccc(C#N)c2)cc1. The van der Waals surface area contributed by atoms with Gasteiger partial charge in [-0.05, 0) is 55.8 Å². The fraction of sp³-hybridized carbons (Fsp3) is 0.286. The quantitative estimate of drug-likeness (QED) is 0.752. The number of nitrogens with one attached hydrogen (secondary N) is 1. The molecule has 0 heterocycles. The Hall–Kier alpha value is -2.78. The molecule has 0 aliphatic carbocycles. The Morgan fingerprint density at radius 2 is 1.81 bits per heavy atom. The van der Waals surface area contributed by atoms with Gasteiger partial charge < -0.3 is 10.2 Å². The second-order valence-corrected chi connectivity index (χ2v) is 6.89. The van der Waals surface area contributed by atoms with Gasteiger partial charge in [0.25, 0.3) is 5.91 Å². The first-order valence-electron chi connectivity index (χ1n) is 8.83. The van der Waals surface area contributed by atoms with Gasteiger partial charge in [-0.2, -0.15) is 5.26 Å². The number of rotatable bonds is 8. The first-order valence-corrected chi connectivity index (χ1v) is 9.98. The molecule has 1 N–H and O–H groups in total. The van der Waals surface area contributed by atoms with E-state index in [0.29, 0.717) is 41.4 Å². The molecular formula is C21H23N3O2S. The minimum absolute atomic E-state index is 0.00645. The molecule has 0 aliphatic rings. The Labute approximate surface area is 164 Å². The van der Waals surface area contributed by atoms with Gasteiger partial charge in [-0.25, -0.2) is 0 Å². The monoisotopic (exact) mass is 381 g/mol. The summed E-state index contributed by atoms with van der Waals surface area (Å²) in [5.41, 5.74) is 2.93. The van der Waals surface area contributed by atoms with Crippen molar-refractivity contribution in [1.82, 2.24) is 4.90 Å². The molecule has 0 aromatic heterocycles. The molecule has 140 valence electrons. The minimum Gasteiger partial charge on any atom is -0.339 e. The number of amides is 2. The molecule has 0 spiro atoms. The lowest BCUT2D eigenvalue weighted by molar-refractivity contribution is -0.113. The fourth-order valence-electron chi connectivity index (χ4n) is 2.58. The second kappa shape index (κ2) is 10.4. The van der Waals surface area contributed by atoms with E-state index in [4.69, 9.17) is 5.26 Å². The van der Waals surface area contributed by atoms with Gasteiger partial charge in [-0.1, -0.05) is 12.1 Å². The molecule has 0 atom stereocenters. The molecule has 2 rings (SSSR count). The predicted molar refractivity (Wildman–Crippen MR) is 110 cm³/mol. The first kappa shape index (κ1) is 20.5. The third-order valence-electron chi connectivity index (χ3n) is 4.02. The van der Waals surface area contributed by atoms with Crippen molar-refractivity contribution in [2.75, 3.05) is 24.2 Å². The summed E-state index contributed by atoms with van der Waals surface area (Å²) in [5.74, 6) is 0.879. The van der Waals surface area contributed by atoms with Gasteiger partial charge in [0, 0.05) is 30.1 Å². The van der Waals surface area contributed by atoms with Crippen LogP contribution in [0.2, 0.25) is 0 Å². The zero-order valence-corrected chi connectivity index (χ0v) is 16.4. The van der Waals surface area contributed by atoms with Crippen molar-refractivity contribution in [3.63, 3.8) is 0 Å². The number of thioether (sulfide) groups is 1. The molecule has 2 aromatic carbocycles. The maximum Gasteiger partial charge on any atom is 0.253 e. The van der Waals surface area contributed by atoms with Crippen LogP contribution in [-0.4, -0.2) is 35.6 Å². The Morgan fingerprint density at radius 3 is 2.44 bits per heavy atom. The van der Waals surface area contributed by atoms with Crippen LogP contribution in [0.25, 0.3) is 0 Å². The number of carbonyl (C=O) groups is 2. The largest absolute Gasteiger partial charge is 0.339 e. The lowest BCUT2D eigenvalue weighted by atomic mass is 10.2. The van der Waals surface area contributed by atoms with Gasteiger partial charge in [0.2, 0.25) is 5.91 Å². The molecule has 5 nitrogen and oxygen atoms in total. The van der Waals surface area contributed by atoms with Crippen LogP contribution in [0.3, 0.4) is 0 Å². The third-order valence-corrected chi connectivity index (χ3v) is 5.03. The smallest absolute Gasteiger partial charge is 0.253 e. The van der Waals surface area contributed by atoms with Crippen molar-refractivity contribution >= 4 is 29.3 Å². The van der Waals surface area contributed by atoms with E-state index in [2.05, 4.69) is 11.4 Å². The van der Waals surface area contributed by atoms with E-state index in [9.17, 15) is 9.59 Å². The molecule has 0 radical (unpaired) electrons. The van der Waals surface area contributed by atoms with Crippen molar-refractivity contribution in [2.45, 2.75) is 19.6 Å². The molecule has 27 heavy (non-hydrogen) atoms. The van der Waals surface area contributed by atoms with E-state index in [0.717, 1.165) is 5.56 Å². The number of anilines is 1. The van der Waals surface area contributed by atoms with Crippen LogP contribution < -0.4 is 5.32 Å². The van der Waals surface area contributed by atoms with Gasteiger partial charge in [-0.3, -0.25) is 9.59 Å². The topological polar surface area (TPSA) is 73.2 Å². The van der Waals surface area contributed by atoms with Crippen LogP contribution in [0.1, 0.15) is 35.3 Å². The summed E-state index contributed by atoms with van der Waals surface area (Å²) in [6, 6.07) is 16.4. The number of nitrogens with zero attached hydrogens (tertiary/aromatic N) is 2. The number of benzene rings is 2. The zero-order valence-electron chi connectivity index (χ0n) is 15.6. The molecule has 2 aromatic rings. The highest BCUT2D eigenvalue weighted by molar-refractivity contribution is 7.99. The highest BCUT2D eigenvalue weighted by Crippen LogP contribution is 2.15. The fourth-order valence-corrected chi connectivity index (χ4v) is 3.35. The van der Waals surface area contributed by atoms with Crippen molar-refractivity contribution < 1.29 is 9.59 Å². The average Bonchev–Trinajstić information content (AvgIpc) is 2.69. The van der Waals surface area contributed by atoms with Gasteiger partial charge in [-0.15, -0.1) is 11.8 Å². The van der Waals surface area contributed by atoms with Gasteiger partial charge >= 0.3 is 0 Å². The summed E-state index contributed by atoms with van der Waals surface area (Å²) in [6.45, 7) is 5.24. The molecule has 0 unspecified atom stereocenters. The Morgan fingerprint density at radius 1 is 1.11 bits per heavy atom. The Kier molecular flexibility index (Phi) is 7.90. The van der Waals surface area contributed by atoms with E-state index in [1.54, 1.807) is 35.2 Å². The van der Waals surface area contributed by atoms with Crippen LogP contribution in [0, 0.1) is 11.3 Å². The summed E-state index contributed by atoms with van der Waals surface area (Å²) in [7, 11) is 0. The number of hydrogen-bond donors (Lipinski definition) is 1. The van der Waals surface area contributed by atoms with Crippen LogP contribution in [0.4, 0.5) is 5.69 Å². The molecule has 0 saturated carbocycles. The zero-order chi connectivity index (χ0) is 19.6. The third kappa shape index (κ3) is 6.15. The molecule has 2 amide bonds. The lowest BCUT2D eigenvalue weighted by Crippen LogP contribution is -2.30. The van der Waals surface area contributed by atoms with Crippen LogP contribution in [0.15, 0.2) is 48.5 Å². The summed E-state index contributed by atoms with van der Waals surface area (Å²) < 4.78 is 0. The van der Waals surface area contributed by atoms with Crippen LogP contribution in [-0.2, 0) is 10.5 Å². The normalized spacial score (nSPS) is 10.1. The molecule has 0 bridgehead atoms. The molecule has 0 fully saturated rings. The highest BCUT2D eigenvalue weighted by atomic mass is 32.2. The van der Waals surface area contributed by atoms with Crippen LogP contribution in [0.5, 0.6) is 0 Å². The first-order chi connectivity index (χ1) is 13.1. The van der Waals surface area contributed by atoms with Crippen molar-refractivity contribution in [1.29, 1.82) is 5.26 Å². The van der Waals surface area contributed by atoms with E-state index >= 15 is 0 Å². The Balaban J connectivity index is 1.83. The van der Waals surface area contributed by atoms with Crippen molar-refractivity contribution in [2.24, 2.45) is 0 Å². The van der Waals surface area contributed by atoms with E-state index in [1.165, 1.54) is 11.8 Å². The predicted octanol–water partition coefficient (Wildman–Crippen LogP) is 3.91. The molecular weight excluding hydrogens is 358 g/mol. The van der Waals surface area contributed by atoms with E-state index < -0.39 is 0 Å². The van der Waals surface area contributed by atoms with Gasteiger partial charge in [0.05, 0.1) is 17.4 Å². The van der Waals surface area contributed by atoms with E-state index in [1.807, 2.05) is 32.0 Å². The average molecular weight is 382 g/mol. The maximum atomic E-state index is 12.3. The Bertz CT molecular complexity index is 824. The number of hydrogen-bond acceptors (Lipinski definition) is 4. The van der Waals surface area contributed by atoms with Gasteiger partial charge in [0.15, 0.2) is 0 Å². The maximum absolute atomic E-state index is 12.3. The summed E-state index contributed by atoms with van der Waals surface area (Å²) in [5, 5.41) is 11.7. The highest BCUT2D eigenvalue weighted by Gasteiger charge is 2.12. The minimum atomic E-state index is -0.0979. The summed E-state index contributed by atoms with van der Waals surface area (Å²) in [4.78, 5) is 26.1. The molecule has 6 heteroatoms. The molecule has 0 saturated heterocycles. The number of carbonyl (C=O) groups excluding carboxylic acids is 2. The lowest BCUT2D eigenvalue weighted by Gasteiger charge is -2.18. The standard InChI is InChI=1S/C21H23N3O2S/c1-3-24(4-2)21(26)18-8-10-19(11-9-18)23-20(25)15-27-14-17-7-5-6-16(12-17)13-22/h5-12H,3-4,14-15H2,1-2H3,(H,23,25).